The van der Waals surface area contributed by atoms with Crippen molar-refractivity contribution in [1.82, 2.24) is 0 Å². The third-order valence-electron chi connectivity index (χ3n) is 7.99. The van der Waals surface area contributed by atoms with Gasteiger partial charge in [-0.05, 0) is 94.3 Å². The molecule has 0 aliphatic carbocycles. The van der Waals surface area contributed by atoms with E-state index in [2.05, 4.69) is 146 Å². The van der Waals surface area contributed by atoms with Gasteiger partial charge in [-0.3, -0.25) is 0 Å². The normalized spacial score (nSPS) is 11.7. The minimum absolute atomic E-state index is 1.25. The van der Waals surface area contributed by atoms with E-state index in [1.165, 1.54) is 76.1 Å². The summed E-state index contributed by atoms with van der Waals surface area (Å²) in [6, 6.07) is 53.4. The second-order valence-corrected chi connectivity index (χ2v) is 10.2. The molecular formula is C38H24. The van der Waals surface area contributed by atoms with Gasteiger partial charge in [-0.1, -0.05) is 127 Å². The van der Waals surface area contributed by atoms with E-state index in [-0.39, 0.29) is 0 Å². The summed E-state index contributed by atoms with van der Waals surface area (Å²) in [6.07, 6.45) is 0. The van der Waals surface area contributed by atoms with E-state index in [1.807, 2.05) is 0 Å². The average Bonchev–Trinajstić information content (AvgIpc) is 3.00. The Morgan fingerprint density at radius 2 is 0.842 bits per heavy atom. The molecule has 0 fully saturated rings. The molecule has 8 aromatic carbocycles. The molecule has 0 aliphatic heterocycles. The number of fused-ring (bicyclic) bond motifs is 8. The second kappa shape index (κ2) is 8.30. The molecule has 176 valence electrons. The summed E-state index contributed by atoms with van der Waals surface area (Å²) in [4.78, 5) is 0. The van der Waals surface area contributed by atoms with E-state index < -0.39 is 0 Å². The summed E-state index contributed by atoms with van der Waals surface area (Å²) >= 11 is 0. The van der Waals surface area contributed by atoms with Gasteiger partial charge in [0.2, 0.25) is 0 Å². The molecule has 0 spiro atoms. The van der Waals surface area contributed by atoms with Gasteiger partial charge >= 0.3 is 0 Å². The highest BCUT2D eigenvalue weighted by Gasteiger charge is 2.13. The van der Waals surface area contributed by atoms with Gasteiger partial charge in [-0.15, -0.1) is 0 Å². The third-order valence-corrected chi connectivity index (χ3v) is 7.99. The molecule has 0 heterocycles. The Bertz CT molecular complexity index is 2170. The molecule has 0 heteroatoms. The van der Waals surface area contributed by atoms with Crippen molar-refractivity contribution in [3.05, 3.63) is 146 Å². The van der Waals surface area contributed by atoms with Crippen LogP contribution in [0.2, 0.25) is 0 Å². The van der Waals surface area contributed by atoms with Crippen LogP contribution in [0.25, 0.3) is 76.1 Å². The molecule has 38 heavy (non-hydrogen) atoms. The van der Waals surface area contributed by atoms with Gasteiger partial charge < -0.3 is 0 Å². The molecule has 0 radical (unpaired) electrons. The first kappa shape index (κ1) is 21.2. The zero-order valence-corrected chi connectivity index (χ0v) is 20.9. The summed E-state index contributed by atoms with van der Waals surface area (Å²) in [5.41, 5.74) is 5.02. The van der Waals surface area contributed by atoms with Crippen molar-refractivity contribution in [2.24, 2.45) is 0 Å². The van der Waals surface area contributed by atoms with Crippen LogP contribution in [0.15, 0.2) is 146 Å². The molecule has 0 amide bonds. The predicted molar refractivity (Wildman–Crippen MR) is 165 cm³/mol. The van der Waals surface area contributed by atoms with Crippen molar-refractivity contribution in [2.45, 2.75) is 0 Å². The Balaban J connectivity index is 1.42. The van der Waals surface area contributed by atoms with Gasteiger partial charge in [0.05, 0.1) is 0 Å². The Morgan fingerprint density at radius 1 is 0.263 bits per heavy atom. The molecule has 0 bridgehead atoms. The first-order valence-electron chi connectivity index (χ1n) is 13.2. The highest BCUT2D eigenvalue weighted by atomic mass is 14.2. The highest BCUT2D eigenvalue weighted by molar-refractivity contribution is 6.29. The van der Waals surface area contributed by atoms with Gasteiger partial charge in [0, 0.05) is 0 Å². The minimum Gasteiger partial charge on any atom is -0.0622 e. The molecule has 0 aromatic heterocycles. The zero-order valence-electron chi connectivity index (χ0n) is 20.9. The molecule has 0 nitrogen and oxygen atoms in total. The summed E-state index contributed by atoms with van der Waals surface area (Å²) in [5.74, 6) is 0. The van der Waals surface area contributed by atoms with Crippen molar-refractivity contribution in [1.29, 1.82) is 0 Å². The molecule has 8 rings (SSSR count). The number of benzene rings is 8. The Hall–Kier alpha value is -4.94. The lowest BCUT2D eigenvalue weighted by molar-refractivity contribution is 1.64. The summed E-state index contributed by atoms with van der Waals surface area (Å²) < 4.78 is 0. The molecule has 0 N–H and O–H groups in total. The van der Waals surface area contributed by atoms with Crippen LogP contribution in [0.1, 0.15) is 0 Å². The van der Waals surface area contributed by atoms with Crippen molar-refractivity contribution in [2.75, 3.05) is 0 Å². The summed E-state index contributed by atoms with van der Waals surface area (Å²) in [5, 5.41) is 13.0. The maximum Gasteiger partial charge on any atom is -0.00201 e. The van der Waals surface area contributed by atoms with E-state index >= 15 is 0 Å². The van der Waals surface area contributed by atoms with Crippen LogP contribution in [-0.4, -0.2) is 0 Å². The molecule has 0 unspecified atom stereocenters. The van der Waals surface area contributed by atoms with E-state index in [9.17, 15) is 0 Å². The van der Waals surface area contributed by atoms with E-state index in [1.54, 1.807) is 0 Å². The quantitative estimate of drug-likeness (QED) is 0.216. The van der Waals surface area contributed by atoms with Crippen LogP contribution in [0.4, 0.5) is 0 Å². The van der Waals surface area contributed by atoms with Gasteiger partial charge in [0.15, 0.2) is 0 Å². The fourth-order valence-electron chi connectivity index (χ4n) is 6.16. The number of rotatable bonds is 2. The summed E-state index contributed by atoms with van der Waals surface area (Å²) in [6.45, 7) is 0. The smallest absolute Gasteiger partial charge is 0.00201 e. The van der Waals surface area contributed by atoms with E-state index in [0.717, 1.165) is 0 Å². The minimum atomic E-state index is 1.25. The maximum atomic E-state index is 2.39. The largest absolute Gasteiger partial charge is 0.0622 e. The van der Waals surface area contributed by atoms with Crippen LogP contribution in [0, 0.1) is 0 Å². The van der Waals surface area contributed by atoms with Crippen LogP contribution in [-0.2, 0) is 0 Å². The van der Waals surface area contributed by atoms with Crippen LogP contribution >= 0.6 is 0 Å². The van der Waals surface area contributed by atoms with Crippen molar-refractivity contribution < 1.29 is 0 Å². The Morgan fingerprint density at radius 3 is 1.68 bits per heavy atom. The fourth-order valence-corrected chi connectivity index (χ4v) is 6.16. The lowest BCUT2D eigenvalue weighted by atomic mass is 9.88. The van der Waals surface area contributed by atoms with E-state index in [0.29, 0.717) is 0 Å². The van der Waals surface area contributed by atoms with Gasteiger partial charge in [0.25, 0.3) is 0 Å². The maximum absolute atomic E-state index is 2.39. The standard InChI is InChI=1S/C38H24/c1-2-8-25(9-3-1)29-19-14-26-15-20-30(23-32(26)22-29)36-24-31-21-18-28-17-16-27-10-4-5-11-33(27)37(28)38(31)35-13-7-6-12-34(35)36/h1-24H. The predicted octanol–water partition coefficient (Wildman–Crippen LogP) is 10.8. The second-order valence-electron chi connectivity index (χ2n) is 10.2. The highest BCUT2D eigenvalue weighted by Crippen LogP contribution is 2.41. The van der Waals surface area contributed by atoms with Crippen LogP contribution in [0.3, 0.4) is 0 Å². The summed E-state index contributed by atoms with van der Waals surface area (Å²) in [7, 11) is 0. The first-order valence-corrected chi connectivity index (χ1v) is 13.2. The Kier molecular flexibility index (Phi) is 4.62. The SMILES string of the molecule is c1ccc(-c2ccc3ccc(-c4cc5ccc6ccc7ccccc7c6c5c5ccccc45)cc3c2)cc1. The van der Waals surface area contributed by atoms with Crippen LogP contribution in [0.5, 0.6) is 0 Å². The topological polar surface area (TPSA) is 0 Å². The number of hydrogen-bond acceptors (Lipinski definition) is 0. The zero-order chi connectivity index (χ0) is 25.1. The van der Waals surface area contributed by atoms with Crippen LogP contribution < -0.4 is 0 Å². The van der Waals surface area contributed by atoms with Gasteiger partial charge in [-0.2, -0.15) is 0 Å². The molecule has 0 aliphatic rings. The fraction of sp³-hybridized carbons (Fsp3) is 0. The Labute approximate surface area is 221 Å². The monoisotopic (exact) mass is 480 g/mol. The lowest BCUT2D eigenvalue weighted by Gasteiger charge is -2.15. The van der Waals surface area contributed by atoms with E-state index in [4.69, 9.17) is 0 Å². The van der Waals surface area contributed by atoms with Gasteiger partial charge in [-0.25, -0.2) is 0 Å². The third kappa shape index (κ3) is 3.24. The van der Waals surface area contributed by atoms with Crippen molar-refractivity contribution in [3.8, 4) is 22.3 Å². The molecule has 8 aromatic rings. The van der Waals surface area contributed by atoms with Gasteiger partial charge in [0.1, 0.15) is 0 Å². The van der Waals surface area contributed by atoms with Crippen molar-refractivity contribution in [3.63, 3.8) is 0 Å². The first-order chi connectivity index (χ1) is 18.8. The molecule has 0 atom stereocenters. The molecule has 0 saturated heterocycles. The lowest BCUT2D eigenvalue weighted by Crippen LogP contribution is -1.88. The molecule has 0 saturated carbocycles. The number of hydrogen-bond donors (Lipinski definition) is 0. The molecular weight excluding hydrogens is 456 g/mol. The average molecular weight is 481 g/mol. The van der Waals surface area contributed by atoms with Crippen molar-refractivity contribution >= 4 is 53.9 Å².